The van der Waals surface area contributed by atoms with Crippen LogP contribution >= 0.6 is 0 Å². The quantitative estimate of drug-likeness (QED) is 0.787. The first-order valence-electron chi connectivity index (χ1n) is 8.38. The van der Waals surface area contributed by atoms with E-state index in [1.165, 1.54) is 6.39 Å². The maximum atomic E-state index is 12.6. The Morgan fingerprint density at radius 1 is 1.12 bits per heavy atom. The van der Waals surface area contributed by atoms with Crippen molar-refractivity contribution in [2.45, 2.75) is 12.5 Å². The molecule has 2 amide bonds. The minimum atomic E-state index is -0.503. The third-order valence-corrected chi connectivity index (χ3v) is 4.44. The molecule has 130 valence electrons. The molecule has 0 aliphatic carbocycles. The van der Waals surface area contributed by atoms with Crippen LogP contribution in [0.3, 0.4) is 0 Å². The molecule has 0 bridgehead atoms. The highest BCUT2D eigenvalue weighted by molar-refractivity contribution is 6.04. The zero-order chi connectivity index (χ0) is 17.9. The number of para-hydroxylation sites is 1. The Hall–Kier alpha value is -3.41. The van der Waals surface area contributed by atoms with E-state index < -0.39 is 6.04 Å². The summed E-state index contributed by atoms with van der Waals surface area (Å²) in [5.74, 6) is 0.298. The molecule has 0 saturated carbocycles. The van der Waals surface area contributed by atoms with E-state index in [0.29, 0.717) is 24.3 Å². The van der Waals surface area contributed by atoms with Gasteiger partial charge >= 0.3 is 0 Å². The van der Waals surface area contributed by atoms with Crippen LogP contribution in [-0.4, -0.2) is 29.4 Å². The molecule has 1 aliphatic heterocycles. The van der Waals surface area contributed by atoms with E-state index in [1.54, 1.807) is 35.4 Å². The van der Waals surface area contributed by atoms with Gasteiger partial charge in [-0.3, -0.25) is 9.59 Å². The molecule has 4 rings (SSSR count). The SMILES string of the molecule is O=C(NC1CCN(c2ccccc2)C1=O)c1ccc(-c2cnco2)cc1. The fraction of sp³-hybridized carbons (Fsp3) is 0.150. The minimum Gasteiger partial charge on any atom is -0.444 e. The van der Waals surface area contributed by atoms with Gasteiger partial charge < -0.3 is 14.6 Å². The number of nitrogens with zero attached hydrogens (tertiary/aromatic N) is 2. The summed E-state index contributed by atoms with van der Waals surface area (Å²) in [6, 6.07) is 16.0. The fourth-order valence-electron chi connectivity index (χ4n) is 3.06. The smallest absolute Gasteiger partial charge is 0.251 e. The summed E-state index contributed by atoms with van der Waals surface area (Å²) in [5, 5.41) is 2.83. The first-order chi connectivity index (χ1) is 12.7. The molecular formula is C20H17N3O3. The molecule has 2 aromatic carbocycles. The Balaban J connectivity index is 1.43. The van der Waals surface area contributed by atoms with Crippen molar-refractivity contribution in [2.75, 3.05) is 11.4 Å². The number of aromatic nitrogens is 1. The summed E-state index contributed by atoms with van der Waals surface area (Å²) >= 11 is 0. The maximum absolute atomic E-state index is 12.6. The summed E-state index contributed by atoms with van der Waals surface area (Å²) < 4.78 is 5.23. The van der Waals surface area contributed by atoms with Crippen molar-refractivity contribution in [3.05, 3.63) is 72.8 Å². The molecule has 1 atom stereocenters. The van der Waals surface area contributed by atoms with E-state index in [4.69, 9.17) is 4.42 Å². The zero-order valence-corrected chi connectivity index (χ0v) is 14.0. The number of oxazole rings is 1. The van der Waals surface area contributed by atoms with Crippen LogP contribution in [0.5, 0.6) is 0 Å². The molecule has 0 radical (unpaired) electrons. The second-order valence-electron chi connectivity index (χ2n) is 6.08. The van der Waals surface area contributed by atoms with E-state index in [0.717, 1.165) is 11.3 Å². The molecular weight excluding hydrogens is 330 g/mol. The first kappa shape index (κ1) is 16.1. The van der Waals surface area contributed by atoms with Gasteiger partial charge in [0.25, 0.3) is 5.91 Å². The number of amides is 2. The lowest BCUT2D eigenvalue weighted by atomic mass is 10.1. The molecule has 1 fully saturated rings. The van der Waals surface area contributed by atoms with E-state index in [2.05, 4.69) is 10.3 Å². The van der Waals surface area contributed by atoms with E-state index in [1.807, 2.05) is 30.3 Å². The number of hydrogen-bond acceptors (Lipinski definition) is 4. The standard InChI is InChI=1S/C20H17N3O3/c24-19(15-8-6-14(7-9-15)18-12-21-13-26-18)22-17-10-11-23(20(17)25)16-4-2-1-3-5-16/h1-9,12-13,17H,10-11H2,(H,22,24). The lowest BCUT2D eigenvalue weighted by Crippen LogP contribution is -2.41. The van der Waals surface area contributed by atoms with Crippen LogP contribution in [0, 0.1) is 0 Å². The molecule has 1 aromatic heterocycles. The molecule has 26 heavy (non-hydrogen) atoms. The van der Waals surface area contributed by atoms with Crippen molar-refractivity contribution in [2.24, 2.45) is 0 Å². The second-order valence-corrected chi connectivity index (χ2v) is 6.08. The lowest BCUT2D eigenvalue weighted by Gasteiger charge is -2.17. The Morgan fingerprint density at radius 2 is 1.88 bits per heavy atom. The third kappa shape index (κ3) is 3.09. The Labute approximate surface area is 150 Å². The molecule has 1 saturated heterocycles. The Morgan fingerprint density at radius 3 is 2.58 bits per heavy atom. The number of carbonyl (C=O) groups is 2. The average molecular weight is 347 g/mol. The molecule has 0 spiro atoms. The third-order valence-electron chi connectivity index (χ3n) is 4.44. The van der Waals surface area contributed by atoms with Gasteiger partial charge in [-0.15, -0.1) is 0 Å². The van der Waals surface area contributed by atoms with Gasteiger partial charge in [-0.1, -0.05) is 30.3 Å². The molecule has 3 aromatic rings. The Kier molecular flexibility index (Phi) is 4.23. The number of nitrogens with one attached hydrogen (secondary N) is 1. The fourth-order valence-corrected chi connectivity index (χ4v) is 3.06. The summed E-state index contributed by atoms with van der Waals surface area (Å²) in [6.45, 7) is 0.595. The van der Waals surface area contributed by atoms with Crippen LogP contribution in [0.15, 0.2) is 71.6 Å². The van der Waals surface area contributed by atoms with E-state index in [9.17, 15) is 9.59 Å². The second kappa shape index (κ2) is 6.84. The van der Waals surface area contributed by atoms with Crippen molar-refractivity contribution in [3.8, 4) is 11.3 Å². The predicted molar refractivity (Wildman–Crippen MR) is 96.6 cm³/mol. The summed E-state index contributed by atoms with van der Waals surface area (Å²) in [7, 11) is 0. The lowest BCUT2D eigenvalue weighted by molar-refractivity contribution is -0.118. The molecule has 6 nitrogen and oxygen atoms in total. The average Bonchev–Trinajstić information content (AvgIpc) is 3.34. The van der Waals surface area contributed by atoms with Gasteiger partial charge in [-0.25, -0.2) is 4.98 Å². The van der Waals surface area contributed by atoms with Gasteiger partial charge in [0.1, 0.15) is 6.04 Å². The Bertz CT molecular complexity index is 905. The largest absolute Gasteiger partial charge is 0.444 e. The topological polar surface area (TPSA) is 75.4 Å². The van der Waals surface area contributed by atoms with Crippen LogP contribution < -0.4 is 10.2 Å². The van der Waals surface area contributed by atoms with Crippen LogP contribution in [-0.2, 0) is 4.79 Å². The number of rotatable bonds is 4. The summed E-state index contributed by atoms with van der Waals surface area (Å²) in [5.41, 5.74) is 2.19. The monoisotopic (exact) mass is 347 g/mol. The summed E-state index contributed by atoms with van der Waals surface area (Å²) in [4.78, 5) is 30.6. The van der Waals surface area contributed by atoms with Crippen LogP contribution in [0.1, 0.15) is 16.8 Å². The zero-order valence-electron chi connectivity index (χ0n) is 14.0. The molecule has 1 aliphatic rings. The molecule has 1 N–H and O–H groups in total. The van der Waals surface area contributed by atoms with E-state index in [-0.39, 0.29) is 11.8 Å². The summed E-state index contributed by atoms with van der Waals surface area (Å²) in [6.07, 6.45) is 3.57. The minimum absolute atomic E-state index is 0.0807. The van der Waals surface area contributed by atoms with E-state index >= 15 is 0 Å². The van der Waals surface area contributed by atoms with Crippen molar-refractivity contribution < 1.29 is 14.0 Å². The number of anilines is 1. The van der Waals surface area contributed by atoms with Crippen molar-refractivity contribution >= 4 is 17.5 Å². The number of benzene rings is 2. The highest BCUT2D eigenvalue weighted by atomic mass is 16.3. The van der Waals surface area contributed by atoms with Gasteiger partial charge in [-0.05, 0) is 30.7 Å². The van der Waals surface area contributed by atoms with Gasteiger partial charge in [-0.2, -0.15) is 0 Å². The van der Waals surface area contributed by atoms with Gasteiger partial charge in [0.15, 0.2) is 12.2 Å². The van der Waals surface area contributed by atoms with Gasteiger partial charge in [0.05, 0.1) is 6.20 Å². The molecule has 1 unspecified atom stereocenters. The predicted octanol–water partition coefficient (Wildman–Crippen LogP) is 2.88. The van der Waals surface area contributed by atoms with Crippen molar-refractivity contribution in [1.29, 1.82) is 0 Å². The van der Waals surface area contributed by atoms with Crippen LogP contribution in [0.25, 0.3) is 11.3 Å². The van der Waals surface area contributed by atoms with Crippen molar-refractivity contribution in [1.82, 2.24) is 10.3 Å². The number of carbonyl (C=O) groups excluding carboxylic acids is 2. The first-order valence-corrected chi connectivity index (χ1v) is 8.38. The maximum Gasteiger partial charge on any atom is 0.251 e. The van der Waals surface area contributed by atoms with Crippen LogP contribution in [0.2, 0.25) is 0 Å². The van der Waals surface area contributed by atoms with Gasteiger partial charge in [0, 0.05) is 23.4 Å². The van der Waals surface area contributed by atoms with Gasteiger partial charge in [0.2, 0.25) is 5.91 Å². The highest BCUT2D eigenvalue weighted by Crippen LogP contribution is 2.22. The number of hydrogen-bond donors (Lipinski definition) is 1. The highest BCUT2D eigenvalue weighted by Gasteiger charge is 2.33. The van der Waals surface area contributed by atoms with Crippen molar-refractivity contribution in [3.63, 3.8) is 0 Å². The normalized spacial score (nSPS) is 16.7. The van der Waals surface area contributed by atoms with Crippen LogP contribution in [0.4, 0.5) is 5.69 Å². The molecule has 6 heteroatoms. The molecule has 2 heterocycles.